The van der Waals surface area contributed by atoms with Crippen LogP contribution in [0.25, 0.3) is 11.4 Å². The number of anilines is 3. The van der Waals surface area contributed by atoms with Crippen LogP contribution in [0.4, 0.5) is 17.3 Å². The molecule has 1 aromatic heterocycles. The Morgan fingerprint density at radius 2 is 1.66 bits per heavy atom. The number of sulfone groups is 1. The summed E-state index contributed by atoms with van der Waals surface area (Å²) in [5.41, 5.74) is 1.68. The van der Waals surface area contributed by atoms with Crippen LogP contribution in [-0.2, 0) is 14.6 Å². The third-order valence-corrected chi connectivity index (χ3v) is 5.76. The van der Waals surface area contributed by atoms with Crippen molar-refractivity contribution < 1.29 is 13.2 Å². The molecule has 29 heavy (non-hydrogen) atoms. The van der Waals surface area contributed by atoms with Crippen LogP contribution < -0.4 is 10.2 Å². The SMILES string of the molecule is CS(=O)(=O)c1ccc(Nc2cc(N3CCOCC3)nc(-c3ccccc3)n2)cc1. The van der Waals surface area contributed by atoms with Crippen molar-refractivity contribution >= 4 is 27.2 Å². The number of hydrogen-bond acceptors (Lipinski definition) is 7. The number of nitrogens with one attached hydrogen (secondary N) is 1. The van der Waals surface area contributed by atoms with Crippen LogP contribution >= 0.6 is 0 Å². The fourth-order valence-corrected chi connectivity index (χ4v) is 3.73. The summed E-state index contributed by atoms with van der Waals surface area (Å²) in [4.78, 5) is 11.9. The molecule has 1 fully saturated rings. The molecule has 2 aromatic carbocycles. The van der Waals surface area contributed by atoms with Crippen LogP contribution in [0.2, 0.25) is 0 Å². The second-order valence-corrected chi connectivity index (χ2v) is 8.84. The van der Waals surface area contributed by atoms with E-state index in [0.717, 1.165) is 30.2 Å². The van der Waals surface area contributed by atoms with E-state index in [4.69, 9.17) is 9.72 Å². The van der Waals surface area contributed by atoms with Gasteiger partial charge in [0.25, 0.3) is 0 Å². The molecule has 1 N–H and O–H groups in total. The van der Waals surface area contributed by atoms with Gasteiger partial charge in [-0.25, -0.2) is 18.4 Å². The van der Waals surface area contributed by atoms with Gasteiger partial charge in [-0.2, -0.15) is 0 Å². The van der Waals surface area contributed by atoms with E-state index in [2.05, 4.69) is 15.2 Å². The maximum atomic E-state index is 11.7. The number of benzene rings is 2. The normalized spacial score (nSPS) is 14.6. The zero-order chi connectivity index (χ0) is 20.3. The lowest BCUT2D eigenvalue weighted by Gasteiger charge is -2.28. The Labute approximate surface area is 170 Å². The van der Waals surface area contributed by atoms with Gasteiger partial charge >= 0.3 is 0 Å². The molecule has 4 rings (SSSR count). The largest absolute Gasteiger partial charge is 0.378 e. The Hall–Kier alpha value is -2.97. The zero-order valence-electron chi connectivity index (χ0n) is 16.1. The first-order valence-electron chi connectivity index (χ1n) is 9.33. The Kier molecular flexibility index (Phi) is 5.46. The third kappa shape index (κ3) is 4.72. The second-order valence-electron chi connectivity index (χ2n) is 6.82. The summed E-state index contributed by atoms with van der Waals surface area (Å²) < 4.78 is 28.8. The average Bonchev–Trinajstić information content (AvgIpc) is 2.74. The van der Waals surface area contributed by atoms with Gasteiger partial charge in [-0.05, 0) is 24.3 Å². The Morgan fingerprint density at radius 3 is 2.31 bits per heavy atom. The summed E-state index contributed by atoms with van der Waals surface area (Å²) in [7, 11) is -3.23. The van der Waals surface area contributed by atoms with Crippen molar-refractivity contribution in [1.82, 2.24) is 9.97 Å². The van der Waals surface area contributed by atoms with Crippen molar-refractivity contribution in [3.63, 3.8) is 0 Å². The standard InChI is InChI=1S/C21H22N4O3S/c1-29(26,27)18-9-7-17(8-10-18)22-19-15-20(25-11-13-28-14-12-25)24-21(23-19)16-5-3-2-4-6-16/h2-10,15H,11-14H2,1H3,(H,22,23,24). The Balaban J connectivity index is 1.68. The molecule has 0 amide bonds. The fraction of sp³-hybridized carbons (Fsp3) is 0.238. The summed E-state index contributed by atoms with van der Waals surface area (Å²) in [6.45, 7) is 2.88. The second kappa shape index (κ2) is 8.18. The highest BCUT2D eigenvalue weighted by Gasteiger charge is 2.16. The molecule has 1 aliphatic heterocycles. The van der Waals surface area contributed by atoms with E-state index >= 15 is 0 Å². The van der Waals surface area contributed by atoms with E-state index < -0.39 is 9.84 Å². The van der Waals surface area contributed by atoms with Crippen molar-refractivity contribution in [3.05, 3.63) is 60.7 Å². The van der Waals surface area contributed by atoms with Crippen molar-refractivity contribution in [3.8, 4) is 11.4 Å². The maximum Gasteiger partial charge on any atom is 0.175 e. The van der Waals surface area contributed by atoms with Crippen molar-refractivity contribution in [1.29, 1.82) is 0 Å². The number of morpholine rings is 1. The molecule has 1 aliphatic rings. The monoisotopic (exact) mass is 410 g/mol. The van der Waals surface area contributed by atoms with E-state index in [1.807, 2.05) is 36.4 Å². The first-order chi connectivity index (χ1) is 14.0. The molecular weight excluding hydrogens is 388 g/mol. The molecular formula is C21H22N4O3S. The highest BCUT2D eigenvalue weighted by Crippen LogP contribution is 2.25. The Morgan fingerprint density at radius 1 is 0.966 bits per heavy atom. The van der Waals surface area contributed by atoms with E-state index in [9.17, 15) is 8.42 Å². The van der Waals surface area contributed by atoms with Gasteiger partial charge in [-0.1, -0.05) is 30.3 Å². The predicted molar refractivity (Wildman–Crippen MR) is 113 cm³/mol. The van der Waals surface area contributed by atoms with E-state index in [1.54, 1.807) is 24.3 Å². The van der Waals surface area contributed by atoms with Gasteiger partial charge in [-0.3, -0.25) is 0 Å². The molecule has 0 bridgehead atoms. The topological polar surface area (TPSA) is 84.4 Å². The lowest BCUT2D eigenvalue weighted by atomic mass is 10.2. The minimum atomic E-state index is -3.23. The lowest BCUT2D eigenvalue weighted by Crippen LogP contribution is -2.36. The number of hydrogen-bond donors (Lipinski definition) is 1. The van der Waals surface area contributed by atoms with E-state index in [1.165, 1.54) is 6.26 Å². The predicted octanol–water partition coefficient (Wildman–Crippen LogP) is 3.13. The average molecular weight is 410 g/mol. The smallest absolute Gasteiger partial charge is 0.175 e. The highest BCUT2D eigenvalue weighted by molar-refractivity contribution is 7.90. The highest BCUT2D eigenvalue weighted by atomic mass is 32.2. The van der Waals surface area contributed by atoms with Crippen LogP contribution in [0.5, 0.6) is 0 Å². The summed E-state index contributed by atoms with van der Waals surface area (Å²) in [5, 5.41) is 3.27. The van der Waals surface area contributed by atoms with Gasteiger partial charge in [0, 0.05) is 36.7 Å². The number of ether oxygens (including phenoxy) is 1. The van der Waals surface area contributed by atoms with Crippen LogP contribution in [0.15, 0.2) is 65.6 Å². The fourth-order valence-electron chi connectivity index (χ4n) is 3.10. The van der Waals surface area contributed by atoms with Crippen molar-refractivity contribution in [2.24, 2.45) is 0 Å². The van der Waals surface area contributed by atoms with Crippen LogP contribution in [0.3, 0.4) is 0 Å². The van der Waals surface area contributed by atoms with Gasteiger partial charge in [0.1, 0.15) is 11.6 Å². The molecule has 1 saturated heterocycles. The van der Waals surface area contributed by atoms with Crippen molar-refractivity contribution in [2.45, 2.75) is 4.90 Å². The molecule has 2 heterocycles. The molecule has 0 aliphatic carbocycles. The first kappa shape index (κ1) is 19.4. The van der Waals surface area contributed by atoms with Gasteiger partial charge < -0.3 is 15.0 Å². The van der Waals surface area contributed by atoms with Crippen LogP contribution in [-0.4, -0.2) is 50.9 Å². The molecule has 0 unspecified atom stereocenters. The maximum absolute atomic E-state index is 11.7. The molecule has 8 heteroatoms. The van der Waals surface area contributed by atoms with Crippen LogP contribution in [0.1, 0.15) is 0 Å². The summed E-state index contributed by atoms with van der Waals surface area (Å²) in [6, 6.07) is 18.4. The molecule has 7 nitrogen and oxygen atoms in total. The molecule has 0 atom stereocenters. The van der Waals surface area contributed by atoms with Gasteiger partial charge in [0.05, 0.1) is 18.1 Å². The molecule has 0 radical (unpaired) electrons. The number of aromatic nitrogens is 2. The third-order valence-electron chi connectivity index (χ3n) is 4.63. The molecule has 3 aromatic rings. The quantitative estimate of drug-likeness (QED) is 0.692. The Bertz CT molecular complexity index is 1080. The number of rotatable bonds is 5. The zero-order valence-corrected chi connectivity index (χ0v) is 16.9. The number of nitrogens with zero attached hydrogens (tertiary/aromatic N) is 3. The molecule has 150 valence electrons. The first-order valence-corrected chi connectivity index (χ1v) is 11.2. The van der Waals surface area contributed by atoms with E-state index in [0.29, 0.717) is 24.9 Å². The minimum Gasteiger partial charge on any atom is -0.378 e. The minimum absolute atomic E-state index is 0.282. The van der Waals surface area contributed by atoms with E-state index in [-0.39, 0.29) is 4.90 Å². The summed E-state index contributed by atoms with van der Waals surface area (Å²) in [6.07, 6.45) is 1.20. The van der Waals surface area contributed by atoms with Crippen molar-refractivity contribution in [2.75, 3.05) is 42.8 Å². The lowest BCUT2D eigenvalue weighted by molar-refractivity contribution is 0.122. The van der Waals surface area contributed by atoms with Gasteiger partial charge in [-0.15, -0.1) is 0 Å². The van der Waals surface area contributed by atoms with Gasteiger partial charge in [0.15, 0.2) is 15.7 Å². The molecule has 0 spiro atoms. The summed E-state index contributed by atoms with van der Waals surface area (Å²) >= 11 is 0. The van der Waals surface area contributed by atoms with Gasteiger partial charge in [0.2, 0.25) is 0 Å². The molecule has 0 saturated carbocycles. The van der Waals surface area contributed by atoms with Crippen LogP contribution in [0, 0.1) is 0 Å². The summed E-state index contributed by atoms with van der Waals surface area (Å²) in [5.74, 6) is 2.11.